The molecule has 0 spiro atoms. The number of aromatic nitrogens is 2. The fourth-order valence-corrected chi connectivity index (χ4v) is 6.48. The molecule has 3 heterocycles. The normalized spacial score (nSPS) is 18.6. The molecule has 138 valence electrons. The van der Waals surface area contributed by atoms with E-state index in [9.17, 15) is 4.79 Å². The zero-order valence-corrected chi connectivity index (χ0v) is 16.9. The number of fused-ring (bicyclic) bond motifs is 4. The van der Waals surface area contributed by atoms with Crippen LogP contribution in [0.1, 0.15) is 29.3 Å². The Kier molecular flexibility index (Phi) is 4.40. The molecule has 27 heavy (non-hydrogen) atoms. The molecule has 1 amide bonds. The largest absolute Gasteiger partial charge is 0.311 e. The monoisotopic (exact) mass is 395 g/mol. The average Bonchev–Trinajstić information content (AvgIpc) is 3.27. The predicted molar refractivity (Wildman–Crippen MR) is 112 cm³/mol. The fraction of sp³-hybridized carbons (Fsp3) is 0.381. The summed E-state index contributed by atoms with van der Waals surface area (Å²) in [5.41, 5.74) is 3.76. The van der Waals surface area contributed by atoms with Crippen LogP contribution in [0.25, 0.3) is 10.2 Å². The SMILES string of the molecule is C[C@H]1CCc2c(sc3ncnc(SCC(=O)N4CCc5ccccc54)c23)C1. The summed E-state index contributed by atoms with van der Waals surface area (Å²) in [6.45, 7) is 3.10. The quantitative estimate of drug-likeness (QED) is 0.484. The van der Waals surface area contributed by atoms with Crippen molar-refractivity contribution in [2.45, 2.75) is 37.6 Å². The minimum absolute atomic E-state index is 0.162. The molecule has 0 N–H and O–H groups in total. The van der Waals surface area contributed by atoms with Gasteiger partial charge in [-0.2, -0.15) is 0 Å². The van der Waals surface area contributed by atoms with Crippen LogP contribution in [0.4, 0.5) is 5.69 Å². The van der Waals surface area contributed by atoms with Gasteiger partial charge in [-0.15, -0.1) is 11.3 Å². The zero-order valence-electron chi connectivity index (χ0n) is 15.3. The van der Waals surface area contributed by atoms with E-state index >= 15 is 0 Å². The molecule has 2 aromatic heterocycles. The van der Waals surface area contributed by atoms with Gasteiger partial charge in [0.15, 0.2) is 0 Å². The van der Waals surface area contributed by atoms with Crippen molar-refractivity contribution >= 4 is 44.9 Å². The maximum absolute atomic E-state index is 12.9. The van der Waals surface area contributed by atoms with Crippen LogP contribution in [-0.4, -0.2) is 28.2 Å². The van der Waals surface area contributed by atoms with Gasteiger partial charge >= 0.3 is 0 Å². The van der Waals surface area contributed by atoms with Crippen LogP contribution in [0.5, 0.6) is 0 Å². The lowest BCUT2D eigenvalue weighted by molar-refractivity contribution is -0.116. The molecule has 3 aromatic rings. The summed E-state index contributed by atoms with van der Waals surface area (Å²) < 4.78 is 0. The number of hydrogen-bond donors (Lipinski definition) is 0. The highest BCUT2D eigenvalue weighted by molar-refractivity contribution is 8.00. The van der Waals surface area contributed by atoms with E-state index in [0.717, 1.165) is 47.3 Å². The summed E-state index contributed by atoms with van der Waals surface area (Å²) in [5, 5.41) is 2.16. The number of hydrogen-bond acceptors (Lipinski definition) is 5. The van der Waals surface area contributed by atoms with Crippen LogP contribution >= 0.6 is 23.1 Å². The number of para-hydroxylation sites is 1. The molecule has 6 heteroatoms. The molecular formula is C21H21N3OS2. The van der Waals surface area contributed by atoms with E-state index in [1.54, 1.807) is 18.1 Å². The lowest BCUT2D eigenvalue weighted by atomic mass is 9.89. The average molecular weight is 396 g/mol. The number of amides is 1. The first kappa shape index (κ1) is 17.2. The number of anilines is 1. The number of benzene rings is 1. The van der Waals surface area contributed by atoms with Gasteiger partial charge < -0.3 is 4.90 Å². The van der Waals surface area contributed by atoms with Gasteiger partial charge in [-0.25, -0.2) is 9.97 Å². The van der Waals surface area contributed by atoms with Gasteiger partial charge in [0.25, 0.3) is 0 Å². The smallest absolute Gasteiger partial charge is 0.237 e. The molecule has 0 bridgehead atoms. The number of thiophene rings is 1. The molecule has 4 nitrogen and oxygen atoms in total. The Bertz CT molecular complexity index is 1030. The van der Waals surface area contributed by atoms with Gasteiger partial charge in [0, 0.05) is 22.5 Å². The molecule has 0 saturated heterocycles. The van der Waals surface area contributed by atoms with E-state index in [1.807, 2.05) is 34.4 Å². The highest BCUT2D eigenvalue weighted by Gasteiger charge is 2.26. The van der Waals surface area contributed by atoms with Crippen molar-refractivity contribution < 1.29 is 4.79 Å². The van der Waals surface area contributed by atoms with Crippen molar-refractivity contribution in [1.82, 2.24) is 9.97 Å². The van der Waals surface area contributed by atoms with Crippen molar-refractivity contribution in [3.63, 3.8) is 0 Å². The van der Waals surface area contributed by atoms with Gasteiger partial charge in [0.1, 0.15) is 16.2 Å². The van der Waals surface area contributed by atoms with Crippen molar-refractivity contribution in [2.24, 2.45) is 5.92 Å². The maximum Gasteiger partial charge on any atom is 0.237 e. The number of carbonyl (C=O) groups excluding carboxylic acids is 1. The molecule has 5 rings (SSSR count). The molecule has 0 fully saturated rings. The predicted octanol–water partition coefficient (Wildman–Crippen LogP) is 4.50. The Hall–Kier alpha value is -1.92. The number of carbonyl (C=O) groups is 1. The van der Waals surface area contributed by atoms with Crippen molar-refractivity contribution in [1.29, 1.82) is 0 Å². The topological polar surface area (TPSA) is 46.1 Å². The molecule has 1 atom stereocenters. The van der Waals surface area contributed by atoms with Crippen LogP contribution in [0.3, 0.4) is 0 Å². The highest BCUT2D eigenvalue weighted by Crippen LogP contribution is 2.40. The van der Waals surface area contributed by atoms with Crippen molar-refractivity contribution in [2.75, 3.05) is 17.2 Å². The van der Waals surface area contributed by atoms with E-state index in [4.69, 9.17) is 0 Å². The minimum Gasteiger partial charge on any atom is -0.311 e. The second-order valence-corrected chi connectivity index (χ2v) is 9.47. The molecule has 0 unspecified atom stereocenters. The number of thioether (sulfide) groups is 1. The molecule has 1 aromatic carbocycles. The number of nitrogens with zero attached hydrogens (tertiary/aromatic N) is 3. The third-order valence-electron chi connectivity index (χ3n) is 5.58. The Morgan fingerprint density at radius 1 is 1.30 bits per heavy atom. The standard InChI is InChI=1S/C21H21N3OS2/c1-13-6-7-15-17(10-13)27-21-19(15)20(22-12-23-21)26-11-18(25)24-9-8-14-4-2-3-5-16(14)24/h2-5,12-13H,6-11H2,1H3/t13-/m0/s1. The third-order valence-corrected chi connectivity index (χ3v) is 7.71. The molecule has 1 aliphatic carbocycles. The first-order valence-corrected chi connectivity index (χ1v) is 11.3. The van der Waals surface area contributed by atoms with Crippen LogP contribution in [0.15, 0.2) is 35.6 Å². The van der Waals surface area contributed by atoms with Crippen LogP contribution < -0.4 is 4.90 Å². The molecule has 2 aliphatic rings. The summed E-state index contributed by atoms with van der Waals surface area (Å²) in [7, 11) is 0. The Balaban J connectivity index is 1.39. The van der Waals surface area contributed by atoms with Gasteiger partial charge in [0.2, 0.25) is 5.91 Å². The fourth-order valence-electron chi connectivity index (χ4n) is 4.16. The minimum atomic E-state index is 0.162. The summed E-state index contributed by atoms with van der Waals surface area (Å²) in [6.07, 6.45) is 6.06. The molecule has 0 radical (unpaired) electrons. The Morgan fingerprint density at radius 3 is 3.11 bits per heavy atom. The number of rotatable bonds is 3. The summed E-state index contributed by atoms with van der Waals surface area (Å²) in [5.74, 6) is 1.32. The Morgan fingerprint density at radius 2 is 2.19 bits per heavy atom. The second-order valence-electron chi connectivity index (χ2n) is 7.42. The highest BCUT2D eigenvalue weighted by atomic mass is 32.2. The summed E-state index contributed by atoms with van der Waals surface area (Å²) >= 11 is 3.37. The van der Waals surface area contributed by atoms with Crippen molar-refractivity contribution in [3.05, 3.63) is 46.6 Å². The Labute approximate surface area is 167 Å². The van der Waals surface area contributed by atoms with E-state index in [0.29, 0.717) is 5.75 Å². The van der Waals surface area contributed by atoms with E-state index in [-0.39, 0.29) is 5.91 Å². The van der Waals surface area contributed by atoms with E-state index in [1.165, 1.54) is 27.8 Å². The van der Waals surface area contributed by atoms with Gasteiger partial charge in [0.05, 0.1) is 5.75 Å². The molecular weight excluding hydrogens is 374 g/mol. The lowest BCUT2D eigenvalue weighted by Crippen LogP contribution is -2.30. The zero-order chi connectivity index (χ0) is 18.4. The van der Waals surface area contributed by atoms with Crippen LogP contribution in [0, 0.1) is 5.92 Å². The van der Waals surface area contributed by atoms with Gasteiger partial charge in [-0.3, -0.25) is 4.79 Å². The number of aryl methyl sites for hydroxylation is 1. The van der Waals surface area contributed by atoms with Crippen molar-refractivity contribution in [3.8, 4) is 0 Å². The summed E-state index contributed by atoms with van der Waals surface area (Å²) in [4.78, 5) is 26.4. The van der Waals surface area contributed by atoms with Crippen LogP contribution in [0.2, 0.25) is 0 Å². The molecule has 0 saturated carbocycles. The van der Waals surface area contributed by atoms with E-state index in [2.05, 4.69) is 23.0 Å². The van der Waals surface area contributed by atoms with Gasteiger partial charge in [-0.1, -0.05) is 36.9 Å². The molecule has 1 aliphatic heterocycles. The summed E-state index contributed by atoms with van der Waals surface area (Å²) in [6, 6.07) is 8.20. The van der Waals surface area contributed by atoms with Crippen LogP contribution in [-0.2, 0) is 24.1 Å². The first-order valence-electron chi connectivity index (χ1n) is 9.47. The second kappa shape index (κ2) is 6.91. The van der Waals surface area contributed by atoms with E-state index < -0.39 is 0 Å². The maximum atomic E-state index is 12.9. The lowest BCUT2D eigenvalue weighted by Gasteiger charge is -2.18. The third kappa shape index (κ3) is 3.05. The van der Waals surface area contributed by atoms with Gasteiger partial charge in [-0.05, 0) is 48.8 Å². The first-order chi connectivity index (χ1) is 13.2.